The molecule has 73 heavy (non-hydrogen) atoms. The van der Waals surface area contributed by atoms with Gasteiger partial charge in [0.25, 0.3) is 5.91 Å². The fraction of sp³-hybridized carbons (Fsp3) is 0.625. The molecular formula is C48H69N11O11S3. The number of unbranched alkanes of at least 4 members (excludes halogenated alkanes) is 2. The van der Waals surface area contributed by atoms with Gasteiger partial charge in [-0.05, 0) is 96.5 Å². The van der Waals surface area contributed by atoms with E-state index < -0.39 is 107 Å². The second kappa shape index (κ2) is 27.8. The minimum Gasteiger partial charge on any atom is -0.454 e. The van der Waals surface area contributed by atoms with Crippen molar-refractivity contribution in [3.63, 3.8) is 0 Å². The molecule has 22 nitrogen and oxygen atoms in total. The first-order chi connectivity index (χ1) is 35.0. The zero-order valence-corrected chi connectivity index (χ0v) is 43.8. The number of ether oxygens (including phenoxy) is 1. The largest absolute Gasteiger partial charge is 0.454 e. The highest BCUT2D eigenvalue weighted by Gasteiger charge is 2.41. The predicted molar refractivity (Wildman–Crippen MR) is 278 cm³/mol. The second-order valence-corrected chi connectivity index (χ2v) is 21.6. The number of carbonyl (C=O) groups excluding carboxylic acids is 10. The third kappa shape index (κ3) is 16.1. The van der Waals surface area contributed by atoms with Crippen LogP contribution >= 0.6 is 36.2 Å². The second-order valence-electron chi connectivity index (χ2n) is 19.0. The van der Waals surface area contributed by atoms with Crippen molar-refractivity contribution >= 4 is 105 Å². The van der Waals surface area contributed by atoms with Crippen LogP contribution in [0.4, 0.5) is 0 Å². The number of aromatic nitrogens is 1. The number of rotatable bonds is 16. The van der Waals surface area contributed by atoms with Crippen molar-refractivity contribution < 1.29 is 52.7 Å². The average Bonchev–Trinajstić information content (AvgIpc) is 4.22. The zero-order valence-electron chi connectivity index (χ0n) is 41.3. The Morgan fingerprint density at radius 2 is 1.55 bits per heavy atom. The first-order valence-electron chi connectivity index (χ1n) is 24.9. The van der Waals surface area contributed by atoms with Crippen LogP contribution in [0.5, 0.6) is 0 Å². The SMILES string of the molecule is CN(C)CCCC[C@@H]1NC(=O)[C@H](CS)SC(=O)C[C@@H](C(=O)N2CCC[C@H]2C(N)=O)NC(=O)[C@H](CCCCNC(=O)C2CSCN2)NC(=O)[C@@H]2CCCN2C(=O)COC(=O)[C@H](Cc2c[nH]c3ccccc23)NC1=O. The number of primary amides is 1. The van der Waals surface area contributed by atoms with Gasteiger partial charge >= 0.3 is 5.97 Å². The molecule has 5 heterocycles. The standard InChI is InChI=1S/C48H69N11O11S3/c1-57(2)18-8-6-14-32-44(65)56-34(21-28-23-51-30-12-4-3-11-29(28)30)48(69)70-24-39(60)58-19-10-16-37(58)45(66)53-31(13-5-7-17-50-42(63)35-26-72-27-52-35)43(64)55-33(22-40(61)73-38(25-71)46(67)54-32)47(68)59-20-9-15-36(59)41(49)62/h3-4,11-12,23,31-38,51-52,71H,5-10,13-22,24-27H2,1-2H3,(H2,49,62)(H,50,63)(H,53,66)(H,54,67)(H,55,64)(H,56,65)/t31-,32-,33-,34-,35?,36-,37-,38-/m0/s1. The van der Waals surface area contributed by atoms with Gasteiger partial charge in [-0.15, -0.1) is 11.8 Å². The fourth-order valence-electron chi connectivity index (χ4n) is 9.40. The smallest absolute Gasteiger partial charge is 0.329 e. The number of esters is 1. The molecule has 4 aliphatic heterocycles. The number of hydrogen-bond donors (Lipinski definition) is 9. The van der Waals surface area contributed by atoms with Crippen molar-refractivity contribution in [2.45, 2.75) is 125 Å². The van der Waals surface area contributed by atoms with Crippen LogP contribution < -0.4 is 37.6 Å². The molecular weight excluding hydrogens is 1000 g/mol. The van der Waals surface area contributed by atoms with E-state index in [1.165, 1.54) is 9.80 Å². The Morgan fingerprint density at radius 1 is 0.849 bits per heavy atom. The lowest BCUT2D eigenvalue weighted by atomic mass is 10.0. The number of nitrogens with two attached hydrogens (primary N) is 1. The maximum atomic E-state index is 14.5. The normalized spacial score (nSPS) is 26.3. The number of aromatic amines is 1. The maximum Gasteiger partial charge on any atom is 0.329 e. The Kier molecular flexibility index (Phi) is 21.7. The van der Waals surface area contributed by atoms with Crippen LogP contribution in [0.15, 0.2) is 30.5 Å². The highest BCUT2D eigenvalue weighted by atomic mass is 32.2. The topological polar surface area (TPSA) is 304 Å². The van der Waals surface area contributed by atoms with E-state index in [0.717, 1.165) is 10.9 Å². The third-order valence-corrected chi connectivity index (χ3v) is 16.0. The molecule has 0 spiro atoms. The molecule has 8 atom stereocenters. The molecule has 0 radical (unpaired) electrons. The van der Waals surface area contributed by atoms with E-state index in [1.807, 2.05) is 43.3 Å². The molecule has 9 N–H and O–H groups in total. The van der Waals surface area contributed by atoms with Crippen molar-refractivity contribution in [2.75, 3.05) is 64.3 Å². The number of H-pyrrole nitrogens is 1. The molecule has 6 rings (SSSR count). The minimum atomic E-state index is -1.58. The lowest BCUT2D eigenvalue weighted by molar-refractivity contribution is -0.155. The number of fused-ring (bicyclic) bond motifs is 2. The summed E-state index contributed by atoms with van der Waals surface area (Å²) < 4.78 is 5.63. The van der Waals surface area contributed by atoms with Crippen LogP contribution in [0.2, 0.25) is 0 Å². The summed E-state index contributed by atoms with van der Waals surface area (Å²) in [5.41, 5.74) is 7.12. The zero-order chi connectivity index (χ0) is 52.6. The lowest BCUT2D eigenvalue weighted by Gasteiger charge is -2.30. The van der Waals surface area contributed by atoms with Gasteiger partial charge in [-0.25, -0.2) is 4.79 Å². The monoisotopic (exact) mass is 1070 g/mol. The summed E-state index contributed by atoms with van der Waals surface area (Å²) in [7, 11) is 3.80. The van der Waals surface area contributed by atoms with E-state index >= 15 is 0 Å². The van der Waals surface area contributed by atoms with Gasteiger partial charge in [-0.3, -0.25) is 48.5 Å². The van der Waals surface area contributed by atoms with Gasteiger partial charge in [0.2, 0.25) is 41.4 Å². The van der Waals surface area contributed by atoms with E-state index in [0.29, 0.717) is 74.0 Å². The molecule has 4 aliphatic rings. The predicted octanol–water partition coefficient (Wildman–Crippen LogP) is -0.697. The molecule has 1 aromatic heterocycles. The van der Waals surface area contributed by atoms with Gasteiger partial charge in [0, 0.05) is 67.0 Å². The van der Waals surface area contributed by atoms with Gasteiger partial charge < -0.3 is 56.7 Å². The van der Waals surface area contributed by atoms with E-state index in [9.17, 15) is 47.9 Å². The summed E-state index contributed by atoms with van der Waals surface area (Å²) in [6, 6.07) is -0.491. The quantitative estimate of drug-likeness (QED) is 0.0571. The van der Waals surface area contributed by atoms with Crippen LogP contribution in [0.25, 0.3) is 10.9 Å². The van der Waals surface area contributed by atoms with Gasteiger partial charge in [-0.1, -0.05) is 30.0 Å². The molecule has 4 saturated heterocycles. The number of thiol groups is 1. The first-order valence-corrected chi connectivity index (χ1v) is 27.6. The number of thioether (sulfide) groups is 2. The Labute approximate surface area is 438 Å². The minimum absolute atomic E-state index is 0.0161. The van der Waals surface area contributed by atoms with E-state index in [2.05, 4.69) is 49.5 Å². The van der Waals surface area contributed by atoms with Crippen LogP contribution in [0, 0.1) is 0 Å². The third-order valence-electron chi connectivity index (χ3n) is 13.4. The number of hydrogen-bond acceptors (Lipinski definition) is 16. The maximum absolute atomic E-state index is 14.5. The summed E-state index contributed by atoms with van der Waals surface area (Å²) in [5.74, 6) is -5.21. The van der Waals surface area contributed by atoms with Crippen LogP contribution in [0.3, 0.4) is 0 Å². The van der Waals surface area contributed by atoms with E-state index in [4.69, 9.17) is 10.5 Å². The molecule has 0 aliphatic carbocycles. The van der Waals surface area contributed by atoms with Crippen molar-refractivity contribution in [1.82, 2.24) is 51.6 Å². The number of amides is 8. The van der Waals surface area contributed by atoms with Crippen LogP contribution in [-0.2, 0) is 59.1 Å². The van der Waals surface area contributed by atoms with Crippen LogP contribution in [-0.4, -0.2) is 190 Å². The molecule has 8 amide bonds. The number of para-hydroxylation sites is 1. The Morgan fingerprint density at radius 3 is 2.26 bits per heavy atom. The van der Waals surface area contributed by atoms with Crippen molar-refractivity contribution in [3.8, 4) is 0 Å². The number of nitrogens with one attached hydrogen (secondary N) is 7. The number of nitrogens with zero attached hydrogens (tertiary/aromatic N) is 3. The summed E-state index contributed by atoms with van der Waals surface area (Å²) in [6.07, 6.45) is 4.31. The number of cyclic esters (lactones) is 1. The molecule has 25 heteroatoms. The molecule has 0 bridgehead atoms. The number of benzene rings is 1. The molecule has 2 aromatic rings. The molecule has 4 fully saturated rings. The number of likely N-dealkylation sites (tertiary alicyclic amines) is 1. The highest BCUT2D eigenvalue weighted by molar-refractivity contribution is 8.15. The summed E-state index contributed by atoms with van der Waals surface area (Å²) in [6.45, 7) is 0.420. The van der Waals surface area contributed by atoms with E-state index in [1.54, 1.807) is 18.0 Å². The van der Waals surface area contributed by atoms with Gasteiger partial charge in [-0.2, -0.15) is 12.6 Å². The number of carbonyl (C=O) groups is 10. The Balaban J connectivity index is 1.30. The molecule has 1 aromatic carbocycles. The van der Waals surface area contributed by atoms with Crippen molar-refractivity contribution in [3.05, 3.63) is 36.0 Å². The average molecular weight is 1070 g/mol. The summed E-state index contributed by atoms with van der Waals surface area (Å²) >= 11 is 6.54. The fourth-order valence-corrected chi connectivity index (χ4v) is 11.6. The summed E-state index contributed by atoms with van der Waals surface area (Å²) in [5, 5.41) is 15.8. The van der Waals surface area contributed by atoms with Gasteiger partial charge in [0.05, 0.1) is 11.3 Å². The van der Waals surface area contributed by atoms with Gasteiger partial charge in [0.1, 0.15) is 36.3 Å². The first kappa shape index (κ1) is 56.9. The Hall–Kier alpha value is -5.37. The highest BCUT2D eigenvalue weighted by Crippen LogP contribution is 2.25. The van der Waals surface area contributed by atoms with Crippen molar-refractivity contribution in [1.29, 1.82) is 0 Å². The lowest BCUT2D eigenvalue weighted by Crippen LogP contribution is -2.58. The molecule has 0 saturated carbocycles. The van der Waals surface area contributed by atoms with Gasteiger partial charge in [0.15, 0.2) is 11.7 Å². The molecule has 1 unspecified atom stereocenters. The summed E-state index contributed by atoms with van der Waals surface area (Å²) in [4.78, 5) is 146. The van der Waals surface area contributed by atoms with Crippen LogP contribution in [0.1, 0.15) is 76.2 Å². The van der Waals surface area contributed by atoms with E-state index in [-0.39, 0.29) is 69.4 Å². The molecule has 400 valence electrons. The Bertz CT molecular complexity index is 2330. The van der Waals surface area contributed by atoms with Crippen molar-refractivity contribution in [2.24, 2.45) is 5.73 Å².